The lowest BCUT2D eigenvalue weighted by Crippen LogP contribution is -2.36. The molecule has 0 bridgehead atoms. The van der Waals surface area contributed by atoms with Crippen molar-refractivity contribution in [3.8, 4) is 6.07 Å². The summed E-state index contributed by atoms with van der Waals surface area (Å²) in [7, 11) is 0. The third kappa shape index (κ3) is 2.82. The summed E-state index contributed by atoms with van der Waals surface area (Å²) in [6.45, 7) is 6.50. The van der Waals surface area contributed by atoms with Gasteiger partial charge in [0.05, 0.1) is 17.2 Å². The van der Waals surface area contributed by atoms with Gasteiger partial charge in [-0.1, -0.05) is 32.4 Å². The molecule has 1 aliphatic carbocycles. The predicted molar refractivity (Wildman–Crippen MR) is 76.4 cm³/mol. The Balaban J connectivity index is 2.19. The molecular formula is C17H23NO. The van der Waals surface area contributed by atoms with Gasteiger partial charge in [0.15, 0.2) is 0 Å². The van der Waals surface area contributed by atoms with Gasteiger partial charge in [-0.3, -0.25) is 0 Å². The molecular weight excluding hydrogens is 234 g/mol. The summed E-state index contributed by atoms with van der Waals surface area (Å²) >= 11 is 0. The van der Waals surface area contributed by atoms with Gasteiger partial charge in [-0.15, -0.1) is 0 Å². The monoisotopic (exact) mass is 257 g/mol. The first-order valence-corrected chi connectivity index (χ1v) is 7.18. The van der Waals surface area contributed by atoms with Gasteiger partial charge in [-0.05, 0) is 55.2 Å². The van der Waals surface area contributed by atoms with Crippen molar-refractivity contribution in [1.82, 2.24) is 0 Å². The topological polar surface area (TPSA) is 44.0 Å². The van der Waals surface area contributed by atoms with E-state index in [1.54, 1.807) is 12.1 Å². The smallest absolute Gasteiger partial charge is 0.0991 e. The molecule has 0 aliphatic heterocycles. The highest BCUT2D eigenvalue weighted by atomic mass is 16.3. The van der Waals surface area contributed by atoms with Crippen LogP contribution in [0.3, 0.4) is 0 Å². The highest BCUT2D eigenvalue weighted by Crippen LogP contribution is 2.43. The molecule has 0 spiro atoms. The Labute approximate surface area is 116 Å². The third-order valence-electron chi connectivity index (χ3n) is 4.99. The number of hydrogen-bond donors (Lipinski definition) is 1. The van der Waals surface area contributed by atoms with Crippen molar-refractivity contribution in [1.29, 1.82) is 5.26 Å². The highest BCUT2D eigenvalue weighted by molar-refractivity contribution is 5.34. The van der Waals surface area contributed by atoms with Crippen LogP contribution in [0.15, 0.2) is 24.3 Å². The molecule has 1 aromatic rings. The van der Waals surface area contributed by atoms with Gasteiger partial charge in [-0.2, -0.15) is 5.26 Å². The molecule has 1 saturated carbocycles. The first-order chi connectivity index (χ1) is 8.95. The normalized spacial score (nSPS) is 30.4. The van der Waals surface area contributed by atoms with E-state index >= 15 is 0 Å². The minimum atomic E-state index is -0.789. The van der Waals surface area contributed by atoms with E-state index in [9.17, 15) is 5.11 Å². The fraction of sp³-hybridized carbons (Fsp3) is 0.588. The van der Waals surface area contributed by atoms with E-state index in [2.05, 4.69) is 19.9 Å². The minimum Gasteiger partial charge on any atom is -0.385 e. The Morgan fingerprint density at radius 3 is 2.32 bits per heavy atom. The van der Waals surface area contributed by atoms with Gasteiger partial charge >= 0.3 is 0 Å². The molecule has 2 heteroatoms. The van der Waals surface area contributed by atoms with Crippen LogP contribution in [0, 0.1) is 29.1 Å². The third-order valence-corrected chi connectivity index (χ3v) is 4.99. The maximum Gasteiger partial charge on any atom is 0.0991 e. The Bertz CT molecular complexity index is 469. The molecule has 2 nitrogen and oxygen atoms in total. The zero-order valence-corrected chi connectivity index (χ0v) is 12.1. The number of nitriles is 1. The van der Waals surface area contributed by atoms with Crippen LogP contribution in [0.25, 0.3) is 0 Å². The van der Waals surface area contributed by atoms with E-state index in [0.29, 0.717) is 17.4 Å². The zero-order valence-electron chi connectivity index (χ0n) is 12.1. The van der Waals surface area contributed by atoms with Gasteiger partial charge in [0.25, 0.3) is 0 Å². The Hall–Kier alpha value is -1.33. The quantitative estimate of drug-likeness (QED) is 0.874. The Morgan fingerprint density at radius 2 is 1.79 bits per heavy atom. The lowest BCUT2D eigenvalue weighted by molar-refractivity contribution is -0.0371. The molecule has 4 unspecified atom stereocenters. The van der Waals surface area contributed by atoms with Crippen molar-refractivity contribution in [3.05, 3.63) is 35.4 Å². The lowest BCUT2D eigenvalue weighted by Gasteiger charge is -2.40. The average molecular weight is 257 g/mol. The van der Waals surface area contributed by atoms with Crippen LogP contribution in [0.2, 0.25) is 0 Å². The van der Waals surface area contributed by atoms with E-state index in [1.165, 1.54) is 6.42 Å². The van der Waals surface area contributed by atoms with E-state index < -0.39 is 5.60 Å². The zero-order chi connectivity index (χ0) is 14.0. The largest absolute Gasteiger partial charge is 0.385 e. The number of rotatable bonds is 2. The fourth-order valence-electron chi connectivity index (χ4n) is 3.18. The van der Waals surface area contributed by atoms with Gasteiger partial charge in [-0.25, -0.2) is 0 Å². The minimum absolute atomic E-state index is 0.312. The van der Waals surface area contributed by atoms with Crippen LogP contribution >= 0.6 is 0 Å². The molecule has 4 atom stereocenters. The van der Waals surface area contributed by atoms with Gasteiger partial charge < -0.3 is 5.11 Å². The molecule has 0 saturated heterocycles. The second-order valence-electron chi connectivity index (χ2n) is 6.30. The highest BCUT2D eigenvalue weighted by Gasteiger charge is 2.37. The summed E-state index contributed by atoms with van der Waals surface area (Å²) < 4.78 is 0. The Morgan fingerprint density at radius 1 is 1.16 bits per heavy atom. The SMILES string of the molecule is CC1CCC(C(C)(O)c2ccc(C#N)cc2)CC1C. The van der Waals surface area contributed by atoms with Gasteiger partial charge in [0.2, 0.25) is 0 Å². The van der Waals surface area contributed by atoms with Crippen molar-refractivity contribution in [2.24, 2.45) is 17.8 Å². The average Bonchev–Trinajstić information content (AvgIpc) is 2.41. The van der Waals surface area contributed by atoms with Crippen molar-refractivity contribution in [2.75, 3.05) is 0 Å². The van der Waals surface area contributed by atoms with Gasteiger partial charge in [0.1, 0.15) is 0 Å². The Kier molecular flexibility index (Phi) is 3.96. The van der Waals surface area contributed by atoms with Crippen LogP contribution in [-0.2, 0) is 5.60 Å². The molecule has 1 N–H and O–H groups in total. The van der Waals surface area contributed by atoms with E-state index in [0.717, 1.165) is 24.3 Å². The molecule has 0 aromatic heterocycles. The number of hydrogen-bond acceptors (Lipinski definition) is 2. The van der Waals surface area contributed by atoms with E-state index in [-0.39, 0.29) is 0 Å². The number of benzene rings is 1. The maximum absolute atomic E-state index is 10.9. The van der Waals surface area contributed by atoms with Crippen molar-refractivity contribution >= 4 is 0 Å². The molecule has 0 heterocycles. The van der Waals surface area contributed by atoms with Gasteiger partial charge in [0, 0.05) is 0 Å². The first kappa shape index (κ1) is 14.1. The first-order valence-electron chi connectivity index (χ1n) is 7.18. The summed E-state index contributed by atoms with van der Waals surface area (Å²) in [6, 6.07) is 9.48. The van der Waals surface area contributed by atoms with E-state index in [4.69, 9.17) is 5.26 Å². The van der Waals surface area contributed by atoms with Crippen LogP contribution in [0.1, 0.15) is 51.2 Å². The van der Waals surface area contributed by atoms with Crippen molar-refractivity contribution in [2.45, 2.75) is 45.6 Å². The number of aliphatic hydroxyl groups is 1. The molecule has 1 aliphatic rings. The molecule has 19 heavy (non-hydrogen) atoms. The standard InChI is InChI=1S/C17H23NO/c1-12-4-7-16(10-13(12)2)17(3,19)15-8-5-14(11-18)6-9-15/h5-6,8-9,12-13,16,19H,4,7,10H2,1-3H3. The molecule has 0 radical (unpaired) electrons. The summed E-state index contributed by atoms with van der Waals surface area (Å²) in [5.41, 5.74) is 0.783. The van der Waals surface area contributed by atoms with Crippen molar-refractivity contribution < 1.29 is 5.11 Å². The second kappa shape index (κ2) is 5.35. The van der Waals surface area contributed by atoms with Crippen LogP contribution in [0.5, 0.6) is 0 Å². The summed E-state index contributed by atoms with van der Waals surface area (Å²) in [6.07, 6.45) is 3.35. The molecule has 102 valence electrons. The predicted octanol–water partition coefficient (Wildman–Crippen LogP) is 3.84. The summed E-state index contributed by atoms with van der Waals surface area (Å²) in [5, 5.41) is 19.7. The maximum atomic E-state index is 10.9. The van der Waals surface area contributed by atoms with Crippen molar-refractivity contribution in [3.63, 3.8) is 0 Å². The lowest BCUT2D eigenvalue weighted by atomic mass is 9.68. The number of nitrogens with zero attached hydrogens (tertiary/aromatic N) is 1. The van der Waals surface area contributed by atoms with Crippen LogP contribution in [-0.4, -0.2) is 5.11 Å². The fourth-order valence-corrected chi connectivity index (χ4v) is 3.18. The van der Waals surface area contributed by atoms with Crippen LogP contribution < -0.4 is 0 Å². The molecule has 0 amide bonds. The summed E-state index contributed by atoms with van der Waals surface area (Å²) in [4.78, 5) is 0. The second-order valence-corrected chi connectivity index (χ2v) is 6.30. The molecule has 1 aromatic carbocycles. The molecule has 1 fully saturated rings. The van der Waals surface area contributed by atoms with E-state index in [1.807, 2.05) is 19.1 Å². The molecule has 2 rings (SSSR count). The van der Waals surface area contributed by atoms with Crippen LogP contribution in [0.4, 0.5) is 0 Å². The summed E-state index contributed by atoms with van der Waals surface area (Å²) in [5.74, 6) is 1.74.